The highest BCUT2D eigenvalue weighted by Crippen LogP contribution is 2.05. The first-order chi connectivity index (χ1) is 11.2. The summed E-state index contributed by atoms with van der Waals surface area (Å²) >= 11 is 0. The van der Waals surface area contributed by atoms with Crippen molar-refractivity contribution in [2.75, 3.05) is 7.05 Å². The van der Waals surface area contributed by atoms with E-state index >= 15 is 0 Å². The summed E-state index contributed by atoms with van der Waals surface area (Å²) in [7, 11) is 1.71. The molecule has 8 heteroatoms. The fourth-order valence-electron chi connectivity index (χ4n) is 2.06. The van der Waals surface area contributed by atoms with Crippen molar-refractivity contribution in [3.05, 3.63) is 60.2 Å². The lowest BCUT2D eigenvalue weighted by atomic mass is 10.3. The number of rotatable bonds is 5. The van der Waals surface area contributed by atoms with Gasteiger partial charge in [-0.3, -0.25) is 5.10 Å². The zero-order valence-electron chi connectivity index (χ0n) is 12.7. The Balaban J connectivity index is 1.56. The van der Waals surface area contributed by atoms with E-state index in [0.29, 0.717) is 18.8 Å². The highest BCUT2D eigenvalue weighted by Gasteiger charge is 2.11. The molecular weight excluding hydrogens is 294 g/mol. The van der Waals surface area contributed by atoms with E-state index in [1.54, 1.807) is 29.1 Å². The Bertz CT molecular complexity index is 751. The van der Waals surface area contributed by atoms with Gasteiger partial charge in [-0.15, -0.1) is 0 Å². The van der Waals surface area contributed by atoms with Crippen LogP contribution in [-0.2, 0) is 13.1 Å². The Morgan fingerprint density at radius 2 is 2.13 bits per heavy atom. The first-order valence-electron chi connectivity index (χ1n) is 7.16. The largest absolute Gasteiger partial charge is 0.332 e. The van der Waals surface area contributed by atoms with Crippen molar-refractivity contribution >= 4 is 6.03 Å². The summed E-state index contributed by atoms with van der Waals surface area (Å²) in [6.07, 6.45) is 3.30. The number of carbonyl (C=O) groups is 1. The second-order valence-corrected chi connectivity index (χ2v) is 5.06. The number of urea groups is 1. The molecule has 0 aliphatic heterocycles. The number of aromatic nitrogens is 5. The zero-order valence-corrected chi connectivity index (χ0v) is 12.7. The van der Waals surface area contributed by atoms with Gasteiger partial charge in [-0.05, 0) is 18.2 Å². The number of para-hydroxylation sites is 1. The Hall–Kier alpha value is -3.16. The van der Waals surface area contributed by atoms with Gasteiger partial charge in [-0.25, -0.2) is 4.79 Å². The lowest BCUT2D eigenvalue weighted by Gasteiger charge is -2.16. The molecule has 0 spiro atoms. The van der Waals surface area contributed by atoms with Crippen LogP contribution in [0.2, 0.25) is 0 Å². The molecule has 1 aromatic carbocycles. The van der Waals surface area contributed by atoms with Crippen molar-refractivity contribution in [1.82, 2.24) is 35.4 Å². The van der Waals surface area contributed by atoms with Gasteiger partial charge in [0, 0.05) is 13.2 Å². The van der Waals surface area contributed by atoms with Gasteiger partial charge in [0.05, 0.1) is 30.7 Å². The fourth-order valence-corrected chi connectivity index (χ4v) is 2.06. The molecule has 0 saturated heterocycles. The molecule has 0 atom stereocenters. The van der Waals surface area contributed by atoms with Gasteiger partial charge in [-0.1, -0.05) is 18.2 Å². The molecule has 2 heterocycles. The molecule has 2 N–H and O–H groups in total. The van der Waals surface area contributed by atoms with E-state index in [1.165, 1.54) is 0 Å². The molecule has 0 fully saturated rings. The molecule has 8 nitrogen and oxygen atoms in total. The number of nitrogens with zero attached hydrogens (tertiary/aromatic N) is 5. The maximum absolute atomic E-state index is 12.0. The Labute approximate surface area is 133 Å². The third kappa shape index (κ3) is 3.73. The van der Waals surface area contributed by atoms with Crippen LogP contribution in [0.25, 0.3) is 5.69 Å². The van der Waals surface area contributed by atoms with Crippen LogP contribution in [-0.4, -0.2) is 43.2 Å². The first kappa shape index (κ1) is 14.8. The summed E-state index contributed by atoms with van der Waals surface area (Å²) in [4.78, 5) is 15.1. The number of benzene rings is 1. The standard InChI is InChI=1S/C15H17N7O/c1-21(15(23)16-9-12-7-8-17-19-12)11-13-10-18-22(20-13)14-5-3-2-4-6-14/h2-8,10H,9,11H2,1H3,(H,16,23)(H,17,19). The predicted octanol–water partition coefficient (Wildman–Crippen LogP) is 1.33. The second kappa shape index (κ2) is 6.73. The SMILES string of the molecule is CN(Cc1cnn(-c2ccccc2)n1)C(=O)NCc1ccn[nH]1. The summed E-state index contributed by atoms with van der Waals surface area (Å²) in [5.74, 6) is 0. The molecule has 0 aliphatic carbocycles. The smallest absolute Gasteiger partial charge is 0.317 e. The van der Waals surface area contributed by atoms with Crippen molar-refractivity contribution in [1.29, 1.82) is 0 Å². The minimum atomic E-state index is -0.186. The quantitative estimate of drug-likeness (QED) is 0.743. The topological polar surface area (TPSA) is 91.7 Å². The van der Waals surface area contributed by atoms with Crippen molar-refractivity contribution in [2.45, 2.75) is 13.1 Å². The van der Waals surface area contributed by atoms with Crippen LogP contribution < -0.4 is 5.32 Å². The maximum atomic E-state index is 12.0. The number of hydrogen-bond acceptors (Lipinski definition) is 4. The Morgan fingerprint density at radius 1 is 1.30 bits per heavy atom. The summed E-state index contributed by atoms with van der Waals surface area (Å²) < 4.78 is 0. The highest BCUT2D eigenvalue weighted by atomic mass is 16.2. The van der Waals surface area contributed by atoms with E-state index < -0.39 is 0 Å². The van der Waals surface area contributed by atoms with Crippen LogP contribution in [0.3, 0.4) is 0 Å². The minimum absolute atomic E-state index is 0.186. The molecule has 0 bridgehead atoms. The number of aromatic amines is 1. The number of carbonyl (C=O) groups excluding carboxylic acids is 1. The average Bonchev–Trinajstić information content (AvgIpc) is 3.25. The maximum Gasteiger partial charge on any atom is 0.317 e. The molecule has 0 saturated carbocycles. The van der Waals surface area contributed by atoms with Crippen LogP contribution in [0.15, 0.2) is 48.8 Å². The van der Waals surface area contributed by atoms with Gasteiger partial charge >= 0.3 is 6.03 Å². The fraction of sp³-hybridized carbons (Fsp3) is 0.200. The van der Waals surface area contributed by atoms with Gasteiger partial charge < -0.3 is 10.2 Å². The average molecular weight is 311 g/mol. The number of hydrogen-bond donors (Lipinski definition) is 2. The summed E-state index contributed by atoms with van der Waals surface area (Å²) in [6, 6.07) is 11.3. The van der Waals surface area contributed by atoms with Gasteiger partial charge in [0.15, 0.2) is 0 Å². The van der Waals surface area contributed by atoms with Crippen molar-refractivity contribution in [3.63, 3.8) is 0 Å². The van der Waals surface area contributed by atoms with Gasteiger partial charge in [0.25, 0.3) is 0 Å². The minimum Gasteiger partial charge on any atom is -0.332 e. The van der Waals surface area contributed by atoms with Crippen molar-refractivity contribution in [2.24, 2.45) is 0 Å². The van der Waals surface area contributed by atoms with Crippen LogP contribution in [0, 0.1) is 0 Å². The van der Waals surface area contributed by atoms with Crippen LogP contribution in [0.1, 0.15) is 11.4 Å². The zero-order chi connectivity index (χ0) is 16.1. The predicted molar refractivity (Wildman–Crippen MR) is 83.6 cm³/mol. The molecule has 0 radical (unpaired) electrons. The molecule has 0 aliphatic rings. The molecular formula is C15H17N7O. The van der Waals surface area contributed by atoms with E-state index in [0.717, 1.165) is 11.4 Å². The van der Waals surface area contributed by atoms with Gasteiger partial charge in [-0.2, -0.15) is 20.1 Å². The van der Waals surface area contributed by atoms with Crippen molar-refractivity contribution < 1.29 is 4.79 Å². The summed E-state index contributed by atoms with van der Waals surface area (Å²) in [5.41, 5.74) is 2.44. The number of H-pyrrole nitrogens is 1. The third-order valence-electron chi connectivity index (χ3n) is 3.26. The first-order valence-corrected chi connectivity index (χ1v) is 7.16. The summed E-state index contributed by atoms with van der Waals surface area (Å²) in [6.45, 7) is 0.779. The van der Waals surface area contributed by atoms with E-state index in [9.17, 15) is 4.79 Å². The lowest BCUT2D eigenvalue weighted by Crippen LogP contribution is -2.36. The molecule has 23 heavy (non-hydrogen) atoms. The third-order valence-corrected chi connectivity index (χ3v) is 3.26. The summed E-state index contributed by atoms with van der Waals surface area (Å²) in [5, 5.41) is 18.0. The second-order valence-electron chi connectivity index (χ2n) is 5.06. The monoisotopic (exact) mass is 311 g/mol. The van der Waals surface area contributed by atoms with Crippen molar-refractivity contribution in [3.8, 4) is 5.69 Å². The number of amides is 2. The normalized spacial score (nSPS) is 10.5. The van der Waals surface area contributed by atoms with Crippen LogP contribution in [0.5, 0.6) is 0 Å². The van der Waals surface area contributed by atoms with E-state index in [4.69, 9.17) is 0 Å². The highest BCUT2D eigenvalue weighted by molar-refractivity contribution is 5.73. The molecule has 3 aromatic rings. The van der Waals surface area contributed by atoms with E-state index in [2.05, 4.69) is 25.7 Å². The number of nitrogens with one attached hydrogen (secondary N) is 2. The molecule has 0 unspecified atom stereocenters. The lowest BCUT2D eigenvalue weighted by molar-refractivity contribution is 0.205. The van der Waals surface area contributed by atoms with E-state index in [-0.39, 0.29) is 6.03 Å². The van der Waals surface area contributed by atoms with Gasteiger partial charge in [0.2, 0.25) is 0 Å². The van der Waals surface area contributed by atoms with Gasteiger partial charge in [0.1, 0.15) is 5.69 Å². The van der Waals surface area contributed by atoms with Crippen LogP contribution >= 0.6 is 0 Å². The Morgan fingerprint density at radius 3 is 2.87 bits per heavy atom. The molecule has 2 amide bonds. The molecule has 118 valence electrons. The van der Waals surface area contributed by atoms with Crippen LogP contribution in [0.4, 0.5) is 4.79 Å². The molecule has 2 aromatic heterocycles. The molecule has 3 rings (SSSR count). The Kier molecular flexibility index (Phi) is 4.32. The van der Waals surface area contributed by atoms with E-state index in [1.807, 2.05) is 36.4 Å².